The molecule has 0 fully saturated rings. The van der Waals surface area contributed by atoms with Crippen LogP contribution in [0.25, 0.3) is 10.9 Å². The molecule has 14 heavy (non-hydrogen) atoms. The van der Waals surface area contributed by atoms with Crippen LogP contribution < -0.4 is 5.73 Å². The first kappa shape index (κ1) is 8.62. The molecule has 0 atom stereocenters. The van der Waals surface area contributed by atoms with E-state index in [1.165, 1.54) is 0 Å². The molecule has 1 aromatic heterocycles. The first-order valence-corrected chi connectivity index (χ1v) is 4.26. The summed E-state index contributed by atoms with van der Waals surface area (Å²) < 4.78 is 0. The molecule has 0 radical (unpaired) electrons. The van der Waals surface area contributed by atoms with Crippen LogP contribution in [-0.4, -0.2) is 15.7 Å². The van der Waals surface area contributed by atoms with Gasteiger partial charge in [0.25, 0.3) is 0 Å². The third-order valence-corrected chi connectivity index (χ3v) is 1.98. The smallest absolute Gasteiger partial charge is 0.221 e. The Morgan fingerprint density at radius 1 is 1.29 bits per heavy atom. The van der Waals surface area contributed by atoms with Crippen molar-refractivity contribution in [2.24, 2.45) is 0 Å². The number of nitrogens with two attached hydrogens (primary N) is 1. The van der Waals surface area contributed by atoms with Crippen LogP contribution in [0.15, 0.2) is 24.3 Å². The van der Waals surface area contributed by atoms with Gasteiger partial charge in [0, 0.05) is 5.39 Å². The first-order chi connectivity index (χ1) is 6.68. The topological polar surface area (TPSA) is 75.7 Å². The summed E-state index contributed by atoms with van der Waals surface area (Å²) in [5.74, 6) is 0.213. The fraction of sp³-hybridized carbons (Fsp3) is 0.100. The quantitative estimate of drug-likeness (QED) is 0.664. The summed E-state index contributed by atoms with van der Waals surface area (Å²) in [4.78, 5) is 8.13. The number of fused-ring (bicyclic) bond motifs is 1. The van der Waals surface area contributed by atoms with Gasteiger partial charge in [-0.2, -0.15) is 0 Å². The number of benzene rings is 1. The number of hydrogen-bond donors (Lipinski definition) is 2. The van der Waals surface area contributed by atoms with Gasteiger partial charge in [-0.25, -0.2) is 9.97 Å². The molecule has 3 N–H and O–H groups in total. The van der Waals surface area contributed by atoms with E-state index in [0.29, 0.717) is 11.4 Å². The van der Waals surface area contributed by atoms with Crippen molar-refractivity contribution in [3.8, 4) is 0 Å². The van der Waals surface area contributed by atoms with Gasteiger partial charge in [0.1, 0.15) is 0 Å². The molecule has 1 heterocycles. The van der Waals surface area contributed by atoms with Crippen LogP contribution in [-0.2, 0) is 0 Å². The molecule has 0 bridgehead atoms. The maximum atomic E-state index is 7.57. The average Bonchev–Trinajstić information content (AvgIpc) is 2.16. The summed E-state index contributed by atoms with van der Waals surface area (Å²) in [6, 6.07) is 7.54. The van der Waals surface area contributed by atoms with Crippen LogP contribution >= 0.6 is 0 Å². The van der Waals surface area contributed by atoms with Crippen LogP contribution in [0.3, 0.4) is 0 Å². The zero-order valence-corrected chi connectivity index (χ0v) is 7.78. The van der Waals surface area contributed by atoms with E-state index in [1.807, 2.05) is 24.3 Å². The van der Waals surface area contributed by atoms with Crippen LogP contribution in [0.2, 0.25) is 0 Å². The summed E-state index contributed by atoms with van der Waals surface area (Å²) in [6.45, 7) is 1.69. The highest BCUT2D eigenvalue weighted by Gasteiger charge is 2.06. The number of hydrogen-bond acceptors (Lipinski definition) is 4. The Balaban J connectivity index is 2.87. The highest BCUT2D eigenvalue weighted by molar-refractivity contribution is 6.05. The second-order valence-electron chi connectivity index (χ2n) is 3.07. The molecule has 0 saturated carbocycles. The summed E-state index contributed by atoms with van der Waals surface area (Å²) in [5, 5.41) is 8.44. The average molecular weight is 186 g/mol. The molecular formula is C10H10N4. The molecule has 0 aliphatic rings. The Kier molecular flexibility index (Phi) is 1.89. The van der Waals surface area contributed by atoms with Gasteiger partial charge in [0.05, 0.1) is 16.9 Å². The molecule has 4 heteroatoms. The summed E-state index contributed by atoms with van der Waals surface area (Å²) >= 11 is 0. The number of nitrogen functional groups attached to an aromatic ring is 1. The largest absolute Gasteiger partial charge is 0.368 e. The molecule has 0 amide bonds. The van der Waals surface area contributed by atoms with Crippen molar-refractivity contribution in [3.05, 3.63) is 30.0 Å². The molecule has 0 aliphatic heterocycles. The Morgan fingerprint density at radius 2 is 2.00 bits per heavy atom. The van der Waals surface area contributed by atoms with Crippen LogP contribution in [0.5, 0.6) is 0 Å². The van der Waals surface area contributed by atoms with Gasteiger partial charge in [0.2, 0.25) is 5.95 Å². The highest BCUT2D eigenvalue weighted by Crippen LogP contribution is 2.16. The Labute approximate surface area is 81.3 Å². The molecule has 0 aliphatic carbocycles. The van der Waals surface area contributed by atoms with Crippen molar-refractivity contribution in [1.82, 2.24) is 9.97 Å². The number of nitrogens with zero attached hydrogens (tertiary/aromatic N) is 2. The van der Waals surface area contributed by atoms with Crippen molar-refractivity contribution >= 4 is 22.6 Å². The normalized spacial score (nSPS) is 10.4. The van der Waals surface area contributed by atoms with Gasteiger partial charge >= 0.3 is 0 Å². The van der Waals surface area contributed by atoms with Crippen LogP contribution in [0.4, 0.5) is 5.95 Å². The highest BCUT2D eigenvalue weighted by atomic mass is 15.0. The van der Waals surface area contributed by atoms with E-state index in [0.717, 1.165) is 10.9 Å². The van der Waals surface area contributed by atoms with Crippen molar-refractivity contribution in [3.63, 3.8) is 0 Å². The third kappa shape index (κ3) is 1.31. The first-order valence-electron chi connectivity index (χ1n) is 4.26. The predicted molar refractivity (Wildman–Crippen MR) is 56.5 cm³/mol. The van der Waals surface area contributed by atoms with E-state index < -0.39 is 0 Å². The molecule has 0 spiro atoms. The number of rotatable bonds is 1. The fourth-order valence-corrected chi connectivity index (χ4v) is 1.38. The van der Waals surface area contributed by atoms with Crippen molar-refractivity contribution < 1.29 is 0 Å². The number of anilines is 1. The van der Waals surface area contributed by atoms with Crippen LogP contribution in [0, 0.1) is 5.41 Å². The van der Waals surface area contributed by atoms with E-state index in [1.54, 1.807) is 6.92 Å². The number of aromatic nitrogens is 2. The SMILES string of the molecule is CC(=N)c1nc(N)nc2ccccc12. The van der Waals surface area contributed by atoms with E-state index in [2.05, 4.69) is 9.97 Å². The van der Waals surface area contributed by atoms with Crippen molar-refractivity contribution in [2.45, 2.75) is 6.92 Å². The van der Waals surface area contributed by atoms with E-state index >= 15 is 0 Å². The van der Waals surface area contributed by atoms with E-state index in [-0.39, 0.29) is 5.95 Å². The Morgan fingerprint density at radius 3 is 2.71 bits per heavy atom. The molecule has 2 rings (SSSR count). The lowest BCUT2D eigenvalue weighted by molar-refractivity contribution is 1.21. The lowest BCUT2D eigenvalue weighted by Crippen LogP contribution is -2.04. The standard InChI is InChI=1S/C10H10N4/c1-6(11)9-7-4-2-3-5-8(7)13-10(12)14-9/h2-5,11H,1H3,(H2,12,13,14). The maximum absolute atomic E-state index is 7.57. The third-order valence-electron chi connectivity index (χ3n) is 1.98. The number of para-hydroxylation sites is 1. The Hall–Kier alpha value is -1.97. The van der Waals surface area contributed by atoms with Crippen LogP contribution in [0.1, 0.15) is 12.6 Å². The van der Waals surface area contributed by atoms with Gasteiger partial charge in [-0.3, -0.25) is 0 Å². The molecule has 0 saturated heterocycles. The monoisotopic (exact) mass is 186 g/mol. The molecular weight excluding hydrogens is 176 g/mol. The second-order valence-corrected chi connectivity index (χ2v) is 3.07. The summed E-state index contributed by atoms with van der Waals surface area (Å²) in [6.07, 6.45) is 0. The zero-order valence-electron chi connectivity index (χ0n) is 7.78. The van der Waals surface area contributed by atoms with E-state index in [4.69, 9.17) is 11.1 Å². The number of nitrogens with one attached hydrogen (secondary N) is 1. The lowest BCUT2D eigenvalue weighted by Gasteiger charge is -2.04. The lowest BCUT2D eigenvalue weighted by atomic mass is 10.1. The molecule has 2 aromatic rings. The predicted octanol–water partition coefficient (Wildman–Crippen LogP) is 1.60. The van der Waals surface area contributed by atoms with E-state index in [9.17, 15) is 0 Å². The molecule has 1 aromatic carbocycles. The van der Waals surface area contributed by atoms with Gasteiger partial charge in [-0.05, 0) is 13.0 Å². The minimum absolute atomic E-state index is 0.213. The maximum Gasteiger partial charge on any atom is 0.221 e. The van der Waals surface area contributed by atoms with Gasteiger partial charge < -0.3 is 11.1 Å². The second kappa shape index (κ2) is 3.06. The zero-order chi connectivity index (χ0) is 10.1. The molecule has 70 valence electrons. The van der Waals surface area contributed by atoms with Gasteiger partial charge in [-0.15, -0.1) is 0 Å². The minimum atomic E-state index is 0.213. The minimum Gasteiger partial charge on any atom is -0.368 e. The molecule has 0 unspecified atom stereocenters. The van der Waals surface area contributed by atoms with Crippen molar-refractivity contribution in [2.75, 3.05) is 5.73 Å². The summed E-state index contributed by atoms with van der Waals surface area (Å²) in [7, 11) is 0. The Bertz CT molecular complexity index is 504. The van der Waals surface area contributed by atoms with Gasteiger partial charge in [0.15, 0.2) is 0 Å². The van der Waals surface area contributed by atoms with Gasteiger partial charge in [-0.1, -0.05) is 18.2 Å². The molecule has 4 nitrogen and oxygen atoms in total. The summed E-state index contributed by atoms with van der Waals surface area (Å²) in [5.41, 5.74) is 7.33. The van der Waals surface area contributed by atoms with Crippen molar-refractivity contribution in [1.29, 1.82) is 5.41 Å². The fourth-order valence-electron chi connectivity index (χ4n) is 1.38.